The maximum Gasteiger partial charge on any atom is 0.267 e. The lowest BCUT2D eigenvalue weighted by atomic mass is 10.0. The van der Waals surface area contributed by atoms with Crippen LogP contribution >= 0.6 is 0 Å². The number of carbonyl (C=O) groups is 1. The van der Waals surface area contributed by atoms with Crippen molar-refractivity contribution in [2.24, 2.45) is 0 Å². The highest BCUT2D eigenvalue weighted by Crippen LogP contribution is 2.19. The van der Waals surface area contributed by atoms with Crippen LogP contribution in [0.4, 0.5) is 10.3 Å². The maximum absolute atomic E-state index is 14.5. The van der Waals surface area contributed by atoms with Gasteiger partial charge in [-0.15, -0.1) is 0 Å². The molecule has 0 saturated carbocycles. The Kier molecular flexibility index (Phi) is 5.75. The Morgan fingerprint density at radius 3 is 2.52 bits per heavy atom. The number of anilines is 1. The van der Waals surface area contributed by atoms with E-state index in [2.05, 4.69) is 20.2 Å². The molecule has 1 fully saturated rings. The zero-order valence-corrected chi connectivity index (χ0v) is 17.4. The lowest BCUT2D eigenvalue weighted by Gasteiger charge is -2.34. The zero-order chi connectivity index (χ0) is 22.0. The normalized spacial score (nSPS) is 14.0. The van der Waals surface area contributed by atoms with Crippen LogP contribution in [0.2, 0.25) is 0 Å². The number of H-pyrrole nitrogens is 1. The van der Waals surface area contributed by atoms with Crippen molar-refractivity contribution in [3.63, 3.8) is 0 Å². The third kappa shape index (κ3) is 4.30. The fourth-order valence-electron chi connectivity index (χ4n) is 3.62. The standard InChI is InChI=1S/C22H23FN6O2/c1-14-15(2)20(30)27-26-19(14)13-16-4-5-18(23)17(12-16)21(31)28-8-10-29(11-9-28)22-24-6-3-7-25-22/h3-7,12H,8-11,13H2,1-2H3,(H,27,30). The quantitative estimate of drug-likeness (QED) is 0.690. The number of aromatic amines is 1. The summed E-state index contributed by atoms with van der Waals surface area (Å²) in [5.41, 5.74) is 2.66. The van der Waals surface area contributed by atoms with Gasteiger partial charge in [-0.25, -0.2) is 19.5 Å². The van der Waals surface area contributed by atoms with Crippen LogP contribution in [0.15, 0.2) is 41.5 Å². The molecule has 1 aromatic carbocycles. The van der Waals surface area contributed by atoms with Gasteiger partial charge in [-0.3, -0.25) is 9.59 Å². The van der Waals surface area contributed by atoms with Crippen LogP contribution in [0, 0.1) is 19.7 Å². The molecule has 0 spiro atoms. The van der Waals surface area contributed by atoms with Gasteiger partial charge in [0.1, 0.15) is 5.82 Å². The second-order valence-corrected chi connectivity index (χ2v) is 7.57. The van der Waals surface area contributed by atoms with Crippen molar-refractivity contribution < 1.29 is 9.18 Å². The van der Waals surface area contributed by atoms with Gasteiger partial charge in [-0.1, -0.05) is 6.07 Å². The van der Waals surface area contributed by atoms with Crippen molar-refractivity contribution >= 4 is 11.9 Å². The van der Waals surface area contributed by atoms with E-state index in [1.807, 2.05) is 11.8 Å². The molecule has 3 heterocycles. The molecule has 0 atom stereocenters. The van der Waals surface area contributed by atoms with Crippen LogP contribution in [0.5, 0.6) is 0 Å². The highest BCUT2D eigenvalue weighted by atomic mass is 19.1. The number of rotatable bonds is 4. The van der Waals surface area contributed by atoms with Crippen molar-refractivity contribution in [2.75, 3.05) is 31.1 Å². The Hall–Kier alpha value is -3.62. The molecule has 0 unspecified atom stereocenters. The second-order valence-electron chi connectivity index (χ2n) is 7.57. The molecule has 31 heavy (non-hydrogen) atoms. The largest absolute Gasteiger partial charge is 0.337 e. The van der Waals surface area contributed by atoms with Gasteiger partial charge >= 0.3 is 0 Å². The van der Waals surface area contributed by atoms with E-state index < -0.39 is 5.82 Å². The van der Waals surface area contributed by atoms with Crippen molar-refractivity contribution in [2.45, 2.75) is 20.3 Å². The van der Waals surface area contributed by atoms with Crippen LogP contribution in [0.25, 0.3) is 0 Å². The Morgan fingerprint density at radius 2 is 1.81 bits per heavy atom. The molecule has 1 aliphatic heterocycles. The first kappa shape index (κ1) is 20.6. The minimum Gasteiger partial charge on any atom is -0.337 e. The molecule has 1 saturated heterocycles. The number of nitrogens with one attached hydrogen (secondary N) is 1. The summed E-state index contributed by atoms with van der Waals surface area (Å²) in [7, 11) is 0. The SMILES string of the molecule is Cc1c(Cc2ccc(F)c(C(=O)N3CCN(c4ncccn4)CC3)c2)n[nH]c(=O)c1C. The van der Waals surface area contributed by atoms with Crippen molar-refractivity contribution in [3.05, 3.63) is 80.8 Å². The van der Waals surface area contributed by atoms with Crippen molar-refractivity contribution in [1.29, 1.82) is 0 Å². The number of nitrogens with zero attached hydrogens (tertiary/aromatic N) is 5. The van der Waals surface area contributed by atoms with Gasteiger partial charge in [0, 0.05) is 50.6 Å². The summed E-state index contributed by atoms with van der Waals surface area (Å²) in [5.74, 6) is -0.262. The lowest BCUT2D eigenvalue weighted by molar-refractivity contribution is 0.0741. The number of carbonyl (C=O) groups excluding carboxylic acids is 1. The predicted octanol–water partition coefficient (Wildman–Crippen LogP) is 1.87. The molecule has 2 aromatic heterocycles. The summed E-state index contributed by atoms with van der Waals surface area (Å²) in [6, 6.07) is 6.28. The third-order valence-corrected chi connectivity index (χ3v) is 5.66. The number of aromatic nitrogens is 4. The van der Waals surface area contributed by atoms with E-state index in [1.54, 1.807) is 42.4 Å². The molecule has 0 radical (unpaired) electrons. The highest BCUT2D eigenvalue weighted by molar-refractivity contribution is 5.94. The molecule has 8 nitrogen and oxygen atoms in total. The van der Waals surface area contributed by atoms with Crippen LogP contribution in [-0.4, -0.2) is 57.2 Å². The summed E-state index contributed by atoms with van der Waals surface area (Å²) in [6.45, 7) is 5.65. The van der Waals surface area contributed by atoms with Crippen LogP contribution in [0.1, 0.15) is 32.7 Å². The van der Waals surface area contributed by atoms with E-state index in [0.29, 0.717) is 49.8 Å². The van der Waals surface area contributed by atoms with Crippen LogP contribution < -0.4 is 10.5 Å². The minimum absolute atomic E-state index is 0.0423. The monoisotopic (exact) mass is 422 g/mol. The predicted molar refractivity (Wildman–Crippen MR) is 114 cm³/mol. The lowest BCUT2D eigenvalue weighted by Crippen LogP contribution is -2.49. The number of hydrogen-bond donors (Lipinski definition) is 1. The molecule has 0 aliphatic carbocycles. The van der Waals surface area contributed by atoms with E-state index >= 15 is 0 Å². The Labute approximate surface area is 178 Å². The fraction of sp³-hybridized carbons (Fsp3) is 0.318. The molecule has 9 heteroatoms. The maximum atomic E-state index is 14.5. The number of halogens is 1. The zero-order valence-electron chi connectivity index (χ0n) is 17.4. The van der Waals surface area contributed by atoms with E-state index in [0.717, 1.165) is 11.1 Å². The molecule has 1 amide bonds. The van der Waals surface area contributed by atoms with Crippen LogP contribution in [0.3, 0.4) is 0 Å². The summed E-state index contributed by atoms with van der Waals surface area (Å²) >= 11 is 0. The van der Waals surface area contributed by atoms with Gasteiger partial charge in [-0.05, 0) is 43.2 Å². The Morgan fingerprint density at radius 1 is 1.10 bits per heavy atom. The van der Waals surface area contributed by atoms with E-state index in [9.17, 15) is 14.0 Å². The summed E-state index contributed by atoms with van der Waals surface area (Å²) < 4.78 is 14.5. The topological polar surface area (TPSA) is 95.1 Å². The minimum atomic E-state index is -0.551. The molecule has 1 N–H and O–H groups in total. The van der Waals surface area contributed by atoms with Crippen molar-refractivity contribution in [3.8, 4) is 0 Å². The molecule has 4 rings (SSSR count). The number of amides is 1. The molecule has 160 valence electrons. The van der Waals surface area contributed by atoms with Gasteiger partial charge in [0.2, 0.25) is 5.95 Å². The fourth-order valence-corrected chi connectivity index (χ4v) is 3.62. The smallest absolute Gasteiger partial charge is 0.267 e. The van der Waals surface area contributed by atoms with E-state index in [1.165, 1.54) is 6.07 Å². The summed E-state index contributed by atoms with van der Waals surface area (Å²) in [6.07, 6.45) is 3.76. The van der Waals surface area contributed by atoms with E-state index in [4.69, 9.17) is 0 Å². The Bertz CT molecular complexity index is 1160. The van der Waals surface area contributed by atoms with Gasteiger partial charge < -0.3 is 9.80 Å². The number of hydrogen-bond acceptors (Lipinski definition) is 6. The van der Waals surface area contributed by atoms with Gasteiger partial charge in [0.25, 0.3) is 11.5 Å². The first-order valence-electron chi connectivity index (χ1n) is 10.1. The first-order valence-corrected chi connectivity index (χ1v) is 10.1. The first-order chi connectivity index (χ1) is 14.9. The molecule has 1 aliphatic rings. The summed E-state index contributed by atoms with van der Waals surface area (Å²) in [5, 5.41) is 6.59. The van der Waals surface area contributed by atoms with Crippen molar-refractivity contribution in [1.82, 2.24) is 25.1 Å². The third-order valence-electron chi connectivity index (χ3n) is 5.66. The highest BCUT2D eigenvalue weighted by Gasteiger charge is 2.25. The second kappa shape index (κ2) is 8.63. The summed E-state index contributed by atoms with van der Waals surface area (Å²) in [4.78, 5) is 36.8. The number of piperazine rings is 1. The van der Waals surface area contributed by atoms with Gasteiger partial charge in [0.15, 0.2) is 0 Å². The molecule has 0 bridgehead atoms. The van der Waals surface area contributed by atoms with Crippen LogP contribution in [-0.2, 0) is 6.42 Å². The molecule has 3 aromatic rings. The van der Waals surface area contributed by atoms with E-state index in [-0.39, 0.29) is 17.0 Å². The molecular weight excluding hydrogens is 399 g/mol. The van der Waals surface area contributed by atoms with Gasteiger partial charge in [0.05, 0.1) is 11.3 Å². The average Bonchev–Trinajstić information content (AvgIpc) is 2.81. The number of benzene rings is 1. The van der Waals surface area contributed by atoms with Gasteiger partial charge in [-0.2, -0.15) is 5.10 Å². The average molecular weight is 422 g/mol. The Balaban J connectivity index is 1.49. The molecular formula is C22H23FN6O2.